The Hall–Kier alpha value is -2.73. The Labute approximate surface area is 138 Å². The third-order valence-corrected chi connectivity index (χ3v) is 4.33. The minimum atomic E-state index is -0.199. The molecule has 0 spiro atoms. The molecule has 0 aliphatic heterocycles. The van der Waals surface area contributed by atoms with E-state index in [1.807, 2.05) is 49.6 Å². The summed E-state index contributed by atoms with van der Waals surface area (Å²) in [4.78, 5) is 16.9. The predicted molar refractivity (Wildman–Crippen MR) is 92.4 cm³/mol. The number of nitrogens with zero attached hydrogens (tertiary/aromatic N) is 3. The van der Waals surface area contributed by atoms with Crippen LogP contribution >= 0.6 is 11.3 Å². The SMILES string of the molecule is Cc1cc(/C=N/NC(=O)c2cccs2)c(C)n1-c1ccccn1. The van der Waals surface area contributed by atoms with Gasteiger partial charge in [0.05, 0.1) is 11.1 Å². The van der Waals surface area contributed by atoms with Crippen LogP contribution in [0, 0.1) is 13.8 Å². The van der Waals surface area contributed by atoms with Gasteiger partial charge in [0, 0.05) is 23.1 Å². The molecule has 3 heterocycles. The molecule has 0 aliphatic carbocycles. The molecule has 5 nitrogen and oxygen atoms in total. The average molecular weight is 324 g/mol. The summed E-state index contributed by atoms with van der Waals surface area (Å²) in [6, 6.07) is 11.4. The zero-order chi connectivity index (χ0) is 16.2. The summed E-state index contributed by atoms with van der Waals surface area (Å²) in [6.45, 7) is 4.02. The first-order valence-corrected chi connectivity index (χ1v) is 8.02. The lowest BCUT2D eigenvalue weighted by Crippen LogP contribution is -2.16. The lowest BCUT2D eigenvalue weighted by molar-refractivity contribution is 0.0959. The van der Waals surface area contributed by atoms with Crippen LogP contribution in [0.5, 0.6) is 0 Å². The first kappa shape index (κ1) is 15.2. The molecular weight excluding hydrogens is 308 g/mol. The van der Waals surface area contributed by atoms with Crippen molar-refractivity contribution in [1.82, 2.24) is 15.0 Å². The van der Waals surface area contributed by atoms with Crippen LogP contribution in [0.1, 0.15) is 26.6 Å². The molecule has 116 valence electrons. The minimum absolute atomic E-state index is 0.199. The Morgan fingerprint density at radius 3 is 2.87 bits per heavy atom. The zero-order valence-corrected chi connectivity index (χ0v) is 13.7. The van der Waals surface area contributed by atoms with E-state index >= 15 is 0 Å². The quantitative estimate of drug-likeness (QED) is 0.591. The molecule has 3 aromatic heterocycles. The van der Waals surface area contributed by atoms with Gasteiger partial charge in [0.25, 0.3) is 5.91 Å². The molecule has 6 heteroatoms. The van der Waals surface area contributed by atoms with E-state index in [2.05, 4.69) is 20.1 Å². The number of amides is 1. The van der Waals surface area contributed by atoms with Gasteiger partial charge >= 0.3 is 0 Å². The van der Waals surface area contributed by atoms with E-state index in [-0.39, 0.29) is 5.91 Å². The van der Waals surface area contributed by atoms with E-state index in [1.54, 1.807) is 18.5 Å². The lowest BCUT2D eigenvalue weighted by atomic mass is 10.3. The van der Waals surface area contributed by atoms with Crippen LogP contribution in [-0.4, -0.2) is 21.7 Å². The van der Waals surface area contributed by atoms with Gasteiger partial charge in [-0.1, -0.05) is 12.1 Å². The molecular formula is C17H16N4OS. The molecule has 1 amide bonds. The van der Waals surface area contributed by atoms with Crippen molar-refractivity contribution in [1.29, 1.82) is 0 Å². The molecule has 23 heavy (non-hydrogen) atoms. The number of pyridine rings is 1. The highest BCUT2D eigenvalue weighted by Gasteiger charge is 2.10. The molecule has 0 aliphatic rings. The number of aryl methyl sites for hydroxylation is 1. The standard InChI is InChI=1S/C17H16N4OS/c1-12-10-14(11-19-20-17(22)15-6-5-9-23-15)13(2)21(12)16-7-3-4-8-18-16/h3-11H,1-2H3,(H,20,22)/b19-11+. The largest absolute Gasteiger partial charge is 0.303 e. The highest BCUT2D eigenvalue weighted by atomic mass is 32.1. The van der Waals surface area contributed by atoms with Gasteiger partial charge in [0.2, 0.25) is 0 Å². The van der Waals surface area contributed by atoms with Crippen LogP contribution in [0.2, 0.25) is 0 Å². The average Bonchev–Trinajstić information content (AvgIpc) is 3.17. The van der Waals surface area contributed by atoms with Crippen molar-refractivity contribution in [2.24, 2.45) is 5.10 Å². The Bertz CT molecular complexity index is 835. The minimum Gasteiger partial charge on any atom is -0.303 e. The molecule has 3 aromatic rings. The lowest BCUT2D eigenvalue weighted by Gasteiger charge is -2.07. The number of carbonyl (C=O) groups excluding carboxylic acids is 1. The van der Waals surface area contributed by atoms with Crippen molar-refractivity contribution in [3.8, 4) is 5.82 Å². The van der Waals surface area contributed by atoms with Gasteiger partial charge in [-0.3, -0.25) is 4.79 Å². The van der Waals surface area contributed by atoms with Crippen LogP contribution in [0.3, 0.4) is 0 Å². The Balaban J connectivity index is 1.79. The monoisotopic (exact) mass is 324 g/mol. The first-order chi connectivity index (χ1) is 11.2. The second-order valence-corrected chi connectivity index (χ2v) is 5.97. The van der Waals surface area contributed by atoms with Crippen LogP contribution in [0.25, 0.3) is 5.82 Å². The van der Waals surface area contributed by atoms with Crippen LogP contribution < -0.4 is 5.43 Å². The molecule has 0 unspecified atom stereocenters. The number of thiophene rings is 1. The smallest absolute Gasteiger partial charge is 0.281 e. The summed E-state index contributed by atoms with van der Waals surface area (Å²) in [6.07, 6.45) is 3.43. The fourth-order valence-electron chi connectivity index (χ4n) is 2.38. The maximum absolute atomic E-state index is 11.8. The number of hydrogen-bond donors (Lipinski definition) is 1. The zero-order valence-electron chi connectivity index (χ0n) is 12.9. The number of hydrogen-bond acceptors (Lipinski definition) is 4. The highest BCUT2D eigenvalue weighted by Crippen LogP contribution is 2.17. The van der Waals surface area contributed by atoms with Gasteiger partial charge in [-0.15, -0.1) is 11.3 Å². The second-order valence-electron chi connectivity index (χ2n) is 5.03. The van der Waals surface area contributed by atoms with Gasteiger partial charge in [-0.2, -0.15) is 5.10 Å². The summed E-state index contributed by atoms with van der Waals surface area (Å²) in [5.41, 5.74) is 5.58. The summed E-state index contributed by atoms with van der Waals surface area (Å²) in [7, 11) is 0. The summed E-state index contributed by atoms with van der Waals surface area (Å²) < 4.78 is 2.06. The van der Waals surface area contributed by atoms with Crippen molar-refractivity contribution in [2.45, 2.75) is 13.8 Å². The van der Waals surface area contributed by atoms with Crippen molar-refractivity contribution in [3.63, 3.8) is 0 Å². The highest BCUT2D eigenvalue weighted by molar-refractivity contribution is 7.12. The molecule has 0 bridgehead atoms. The Morgan fingerprint density at radius 1 is 1.30 bits per heavy atom. The number of nitrogens with one attached hydrogen (secondary N) is 1. The number of aromatic nitrogens is 2. The van der Waals surface area contributed by atoms with Gasteiger partial charge in [-0.05, 0) is 43.5 Å². The molecule has 0 saturated heterocycles. The Kier molecular flexibility index (Phi) is 4.34. The maximum atomic E-state index is 11.8. The maximum Gasteiger partial charge on any atom is 0.281 e. The van der Waals surface area contributed by atoms with Crippen LogP contribution in [-0.2, 0) is 0 Å². The van der Waals surface area contributed by atoms with Crippen molar-refractivity contribution >= 4 is 23.5 Å². The van der Waals surface area contributed by atoms with Gasteiger partial charge in [0.15, 0.2) is 0 Å². The fourth-order valence-corrected chi connectivity index (χ4v) is 2.99. The normalized spacial score (nSPS) is 11.0. The van der Waals surface area contributed by atoms with E-state index in [4.69, 9.17) is 0 Å². The molecule has 1 N–H and O–H groups in total. The topological polar surface area (TPSA) is 59.3 Å². The molecule has 0 fully saturated rings. The molecule has 0 saturated carbocycles. The first-order valence-electron chi connectivity index (χ1n) is 7.14. The van der Waals surface area contributed by atoms with Gasteiger partial charge in [-0.25, -0.2) is 10.4 Å². The molecule has 3 rings (SSSR count). The van der Waals surface area contributed by atoms with Crippen LogP contribution in [0.15, 0.2) is 53.1 Å². The summed E-state index contributed by atoms with van der Waals surface area (Å²) in [5.74, 6) is 0.666. The predicted octanol–water partition coefficient (Wildman–Crippen LogP) is 3.31. The number of hydrazone groups is 1. The van der Waals surface area contributed by atoms with E-state index in [9.17, 15) is 4.79 Å². The number of rotatable bonds is 4. The Morgan fingerprint density at radius 2 is 2.17 bits per heavy atom. The number of carbonyl (C=O) groups is 1. The third kappa shape index (κ3) is 3.22. The third-order valence-electron chi connectivity index (χ3n) is 3.46. The van der Waals surface area contributed by atoms with Gasteiger partial charge < -0.3 is 4.57 Å². The van der Waals surface area contributed by atoms with Crippen LogP contribution in [0.4, 0.5) is 0 Å². The fraction of sp³-hybridized carbons (Fsp3) is 0.118. The summed E-state index contributed by atoms with van der Waals surface area (Å²) >= 11 is 1.39. The van der Waals surface area contributed by atoms with E-state index in [0.717, 1.165) is 22.8 Å². The van der Waals surface area contributed by atoms with E-state index in [0.29, 0.717) is 4.88 Å². The summed E-state index contributed by atoms with van der Waals surface area (Å²) in [5, 5.41) is 5.92. The van der Waals surface area contributed by atoms with Crippen molar-refractivity contribution < 1.29 is 4.79 Å². The molecule has 0 aromatic carbocycles. The van der Waals surface area contributed by atoms with E-state index < -0.39 is 0 Å². The second kappa shape index (κ2) is 6.58. The van der Waals surface area contributed by atoms with Crippen molar-refractivity contribution in [2.75, 3.05) is 0 Å². The molecule has 0 atom stereocenters. The van der Waals surface area contributed by atoms with E-state index in [1.165, 1.54) is 11.3 Å². The van der Waals surface area contributed by atoms with Crippen molar-refractivity contribution in [3.05, 3.63) is 69.8 Å². The molecule has 0 radical (unpaired) electrons. The van der Waals surface area contributed by atoms with Gasteiger partial charge in [0.1, 0.15) is 5.82 Å².